The topological polar surface area (TPSA) is 74.6 Å². The fraction of sp³-hybridized carbons (Fsp3) is 0.917. The Labute approximate surface area is 211 Å². The first-order chi connectivity index (χ1) is 15.2. The Bertz CT molecular complexity index is 612. The molecule has 6 atom stereocenters. The minimum absolute atomic E-state index is 0.0468. The van der Waals surface area contributed by atoms with Crippen LogP contribution in [0.1, 0.15) is 77.0 Å². The van der Waals surface area contributed by atoms with Crippen molar-refractivity contribution >= 4 is 58.0 Å². The Hall–Kier alpha value is 0.420. The lowest BCUT2D eigenvalue weighted by Gasteiger charge is -2.43. The number of rotatable bonds is 10. The van der Waals surface area contributed by atoms with E-state index in [0.717, 1.165) is 77.0 Å². The molecule has 0 heterocycles. The Balaban J connectivity index is 0.000000181. The second kappa shape index (κ2) is 11.4. The van der Waals surface area contributed by atoms with Crippen molar-refractivity contribution in [2.24, 2.45) is 35.5 Å². The van der Waals surface area contributed by atoms with E-state index in [0.29, 0.717) is 11.8 Å². The normalized spacial score (nSPS) is 35.9. The molecule has 0 aromatic heterocycles. The molecule has 0 aromatic carbocycles. The third kappa shape index (κ3) is 5.31. The summed E-state index contributed by atoms with van der Waals surface area (Å²) >= 11 is 24.0. The summed E-state index contributed by atoms with van der Waals surface area (Å²) in [6.07, 6.45) is 12.3. The average Bonchev–Trinajstić information content (AvgIpc) is 3.36. The average molecular weight is 530 g/mol. The van der Waals surface area contributed by atoms with Crippen LogP contribution in [0.25, 0.3) is 0 Å². The number of hydrogen-bond acceptors (Lipinski definition) is 4. The van der Waals surface area contributed by atoms with Gasteiger partial charge in [-0.15, -0.1) is 0 Å². The molecule has 4 aliphatic carbocycles. The molecule has 0 spiro atoms. The van der Waals surface area contributed by atoms with E-state index < -0.39 is 8.67 Å². The van der Waals surface area contributed by atoms with Gasteiger partial charge in [0.25, 0.3) is 0 Å². The van der Waals surface area contributed by atoms with Gasteiger partial charge in [0, 0.05) is 36.9 Å². The number of alkyl halides is 4. The van der Waals surface area contributed by atoms with Gasteiger partial charge in [-0.05, 0) is 63.2 Å². The molecular formula is C24H36Cl4O4. The first-order valence-corrected chi connectivity index (χ1v) is 13.7. The summed E-state index contributed by atoms with van der Waals surface area (Å²) in [4.78, 5) is 23.5. The highest BCUT2D eigenvalue weighted by Gasteiger charge is 2.65. The van der Waals surface area contributed by atoms with Crippen molar-refractivity contribution in [2.45, 2.75) is 85.7 Å². The van der Waals surface area contributed by atoms with E-state index in [4.69, 9.17) is 56.6 Å². The van der Waals surface area contributed by atoms with Gasteiger partial charge in [0.2, 0.25) is 0 Å². The lowest BCUT2D eigenvalue weighted by atomic mass is 9.69. The standard InChI is InChI=1S/2C12H18Cl2O2/c2*13-12(14)9-6-5-8(10(9)11(12)16)4-2-1-3-7-15/h2*8-10,15H,1-7H2. The molecule has 0 bridgehead atoms. The number of carbonyl (C=O) groups is 2. The smallest absolute Gasteiger partial charge is 0.179 e. The molecule has 2 N–H and O–H groups in total. The lowest BCUT2D eigenvalue weighted by molar-refractivity contribution is -0.136. The zero-order valence-corrected chi connectivity index (χ0v) is 21.6. The van der Waals surface area contributed by atoms with Crippen LogP contribution in [0.4, 0.5) is 0 Å². The SMILES string of the molecule is O=C1C2C(CCCCCO)CCC2C1(Cl)Cl.O=C1C2C(CCCCCO)CCC2C1(Cl)Cl. The van der Waals surface area contributed by atoms with E-state index in [1.165, 1.54) is 0 Å². The van der Waals surface area contributed by atoms with E-state index in [1.54, 1.807) is 0 Å². The number of carbonyl (C=O) groups excluding carboxylic acids is 2. The maximum atomic E-state index is 11.8. The van der Waals surface area contributed by atoms with Crippen molar-refractivity contribution in [3.63, 3.8) is 0 Å². The fourth-order valence-electron chi connectivity index (χ4n) is 6.43. The molecule has 4 fully saturated rings. The second-order valence-corrected chi connectivity index (χ2v) is 12.8. The van der Waals surface area contributed by atoms with Gasteiger partial charge >= 0.3 is 0 Å². The Morgan fingerprint density at radius 1 is 0.625 bits per heavy atom. The molecular weight excluding hydrogens is 494 g/mol. The molecule has 0 saturated heterocycles. The van der Waals surface area contributed by atoms with Gasteiger partial charge in [0.1, 0.15) is 0 Å². The molecule has 4 rings (SSSR count). The number of fused-ring (bicyclic) bond motifs is 2. The van der Waals surface area contributed by atoms with E-state index in [2.05, 4.69) is 0 Å². The first kappa shape index (κ1) is 27.0. The molecule has 6 unspecified atom stereocenters. The maximum Gasteiger partial charge on any atom is 0.179 e. The van der Waals surface area contributed by atoms with Crippen LogP contribution in [0.5, 0.6) is 0 Å². The van der Waals surface area contributed by atoms with E-state index in [9.17, 15) is 9.59 Å². The van der Waals surface area contributed by atoms with Crippen LogP contribution in [0.2, 0.25) is 0 Å². The number of halogens is 4. The van der Waals surface area contributed by atoms with Gasteiger partial charge in [-0.1, -0.05) is 72.1 Å². The highest BCUT2D eigenvalue weighted by molar-refractivity contribution is 6.61. The number of aliphatic hydroxyl groups excluding tert-OH is 2. The molecule has 32 heavy (non-hydrogen) atoms. The minimum atomic E-state index is -1.08. The van der Waals surface area contributed by atoms with E-state index in [-0.39, 0.29) is 48.5 Å². The quantitative estimate of drug-likeness (QED) is 0.274. The van der Waals surface area contributed by atoms with Crippen molar-refractivity contribution in [1.82, 2.24) is 0 Å². The number of hydrogen-bond donors (Lipinski definition) is 2. The molecule has 0 radical (unpaired) electrons. The Kier molecular flexibility index (Phi) is 9.66. The van der Waals surface area contributed by atoms with E-state index >= 15 is 0 Å². The van der Waals surface area contributed by atoms with Crippen LogP contribution in [0.15, 0.2) is 0 Å². The van der Waals surface area contributed by atoms with Crippen LogP contribution >= 0.6 is 46.4 Å². The van der Waals surface area contributed by atoms with Crippen LogP contribution in [-0.4, -0.2) is 43.7 Å². The van der Waals surface area contributed by atoms with Crippen molar-refractivity contribution in [2.75, 3.05) is 13.2 Å². The summed E-state index contributed by atoms with van der Waals surface area (Å²) in [5.41, 5.74) is 0. The van der Waals surface area contributed by atoms with Crippen LogP contribution in [0, 0.1) is 35.5 Å². The maximum absolute atomic E-state index is 11.8. The number of Topliss-reactive ketones (excluding diaryl/α,β-unsaturated/α-hetero) is 2. The van der Waals surface area contributed by atoms with Crippen molar-refractivity contribution in [1.29, 1.82) is 0 Å². The predicted molar refractivity (Wildman–Crippen MR) is 129 cm³/mol. The zero-order chi connectivity index (χ0) is 23.5. The summed E-state index contributed by atoms with van der Waals surface area (Å²) in [6, 6.07) is 0. The van der Waals surface area contributed by atoms with Crippen molar-refractivity contribution in [3.8, 4) is 0 Å². The number of unbranched alkanes of at least 4 members (excludes halogenated alkanes) is 4. The van der Waals surface area contributed by atoms with Gasteiger partial charge in [-0.2, -0.15) is 0 Å². The van der Waals surface area contributed by atoms with E-state index in [1.807, 2.05) is 0 Å². The fourth-order valence-corrected chi connectivity index (χ4v) is 7.91. The molecule has 8 heteroatoms. The molecule has 0 aliphatic heterocycles. The molecule has 0 amide bonds. The summed E-state index contributed by atoms with van der Waals surface area (Å²) in [6.45, 7) is 0.532. The van der Waals surface area contributed by atoms with Gasteiger partial charge in [-0.3, -0.25) is 9.59 Å². The first-order valence-electron chi connectivity index (χ1n) is 12.2. The van der Waals surface area contributed by atoms with Gasteiger partial charge in [0.15, 0.2) is 20.2 Å². The summed E-state index contributed by atoms with van der Waals surface area (Å²) in [5, 5.41) is 17.4. The number of aliphatic hydroxyl groups is 2. The van der Waals surface area contributed by atoms with Crippen molar-refractivity contribution in [3.05, 3.63) is 0 Å². The van der Waals surface area contributed by atoms with Crippen LogP contribution < -0.4 is 0 Å². The summed E-state index contributed by atoms with van der Waals surface area (Å²) in [7, 11) is 0. The monoisotopic (exact) mass is 528 g/mol. The second-order valence-electron chi connectivity index (χ2n) is 10.1. The highest BCUT2D eigenvalue weighted by Crippen LogP contribution is 2.60. The van der Waals surface area contributed by atoms with Gasteiger partial charge in [-0.25, -0.2) is 0 Å². The van der Waals surface area contributed by atoms with Gasteiger partial charge < -0.3 is 10.2 Å². The lowest BCUT2D eigenvalue weighted by Crippen LogP contribution is -2.55. The third-order valence-corrected chi connectivity index (χ3v) is 10.1. The Morgan fingerprint density at radius 2 is 1.00 bits per heavy atom. The molecule has 184 valence electrons. The van der Waals surface area contributed by atoms with Crippen LogP contribution in [-0.2, 0) is 9.59 Å². The summed E-state index contributed by atoms with van der Waals surface area (Å²) < 4.78 is -2.16. The predicted octanol–water partition coefficient (Wildman–Crippen LogP) is 5.88. The van der Waals surface area contributed by atoms with Gasteiger partial charge in [0.05, 0.1) is 0 Å². The minimum Gasteiger partial charge on any atom is -0.396 e. The summed E-state index contributed by atoms with van der Waals surface area (Å²) in [5.74, 6) is 1.73. The molecule has 4 saturated carbocycles. The third-order valence-electron chi connectivity index (χ3n) is 8.24. The zero-order valence-electron chi connectivity index (χ0n) is 18.6. The van der Waals surface area contributed by atoms with Crippen molar-refractivity contribution < 1.29 is 19.8 Å². The van der Waals surface area contributed by atoms with Crippen LogP contribution in [0.3, 0.4) is 0 Å². The molecule has 4 nitrogen and oxygen atoms in total. The number of ketones is 2. The highest BCUT2D eigenvalue weighted by atomic mass is 35.5. The Morgan fingerprint density at radius 3 is 1.34 bits per heavy atom. The molecule has 4 aliphatic rings. The molecule has 0 aromatic rings. The largest absolute Gasteiger partial charge is 0.396 e.